The van der Waals surface area contributed by atoms with Crippen molar-refractivity contribution in [3.05, 3.63) is 252 Å². The Kier molecular flexibility index (Phi) is 53.1. The summed E-state index contributed by atoms with van der Waals surface area (Å²) in [4.78, 5) is 96.0. The molecule has 0 bridgehead atoms. The zero-order chi connectivity index (χ0) is 81.4. The van der Waals surface area contributed by atoms with Crippen molar-refractivity contribution in [3.8, 4) is 0 Å². The molecule has 576 valence electrons. The number of aromatic nitrogens is 11. The van der Waals surface area contributed by atoms with Crippen LogP contribution < -0.4 is 5.56 Å². The monoisotopic (exact) mass is 1480 g/mol. The number of piperidine rings is 1. The van der Waals surface area contributed by atoms with Gasteiger partial charge in [0.15, 0.2) is 17.8 Å². The van der Waals surface area contributed by atoms with Crippen LogP contribution in [-0.4, -0.2) is 108 Å². The summed E-state index contributed by atoms with van der Waals surface area (Å²) < 4.78 is 14.9. The maximum absolute atomic E-state index is 11.4. The number of carbonyl (C=O) groups excluding carboxylic acids is 5. The standard InChI is InChI=1S/C9H13NO2.C8H8N2.C8H11NO3.C8H7N.C8H6O.C7H5NO.C7H5NS.C6H9N3.C6H7NO.C4H4N2.7C2H6/c1-5-6(2)8(11)10(4)9(12)7(5)3;1-10-6-9-7-4-2-3-5-8(7)10;1-4-6(10)5(2)8(12)9(3)7(4)11;2*1-2-4-8-7(3-1)5-6-9-8;2*1-2-4-7-6(3-1)8-5-9-7;1-4-5(2)8-9-6(3)7-4;1-7-5-3-2-4-6(7)8;1-2-6-4-3-5-1;7*1-2/h6H,1-4H3;2-6H,1H3;4-5H,1-3H3;1-6,9H;1-6H;2*1-5H;1-3H3;2-5H,1H3;1-4H;7*1-2H3. The second-order valence-electron chi connectivity index (χ2n) is 20.9. The molecular weight excluding hydrogens is 1360 g/mol. The van der Waals surface area contributed by atoms with Gasteiger partial charge in [0.1, 0.15) is 16.9 Å². The van der Waals surface area contributed by atoms with E-state index < -0.39 is 23.7 Å². The van der Waals surface area contributed by atoms with Crippen LogP contribution in [0.1, 0.15) is 149 Å². The van der Waals surface area contributed by atoms with Gasteiger partial charge in [0.2, 0.25) is 23.3 Å². The number of carbonyl (C=O) groups is 5. The minimum atomic E-state index is -0.664. The van der Waals surface area contributed by atoms with Crippen molar-refractivity contribution >= 4 is 95.0 Å². The summed E-state index contributed by atoms with van der Waals surface area (Å²) in [6.45, 7) is 42.1. The van der Waals surface area contributed by atoms with Gasteiger partial charge in [-0.1, -0.05) is 181 Å². The smallest absolute Gasteiger partial charge is 0.255 e. The molecule has 0 saturated carbocycles. The molecule has 13 aromatic rings. The largest absolute Gasteiger partial charge is 0.464 e. The van der Waals surface area contributed by atoms with Gasteiger partial charge in [-0.05, 0) is 128 Å². The lowest BCUT2D eigenvalue weighted by Gasteiger charge is -2.28. The molecule has 0 aliphatic carbocycles. The normalized spacial score (nSPS) is 13.1. The fourth-order valence-corrected chi connectivity index (χ4v) is 9.22. The average molecular weight is 1480 g/mol. The number of imide groups is 2. The van der Waals surface area contributed by atoms with Gasteiger partial charge >= 0.3 is 0 Å². The first kappa shape index (κ1) is 97.8. The number of pyridine rings is 1. The van der Waals surface area contributed by atoms with Crippen molar-refractivity contribution in [2.24, 2.45) is 31.8 Å². The van der Waals surface area contributed by atoms with Crippen molar-refractivity contribution in [3.63, 3.8) is 0 Å². The van der Waals surface area contributed by atoms with E-state index in [-0.39, 0.29) is 29.1 Å². The van der Waals surface area contributed by atoms with Gasteiger partial charge in [-0.25, -0.2) is 19.9 Å². The molecular formula is C85H117N13O8S. The molecule has 0 spiro atoms. The van der Waals surface area contributed by atoms with Crippen LogP contribution in [-0.2, 0) is 38.1 Å². The number of para-hydroxylation sites is 7. The van der Waals surface area contributed by atoms with Gasteiger partial charge in [0.05, 0.1) is 68.5 Å². The van der Waals surface area contributed by atoms with Gasteiger partial charge in [0.25, 0.3) is 5.91 Å². The number of furan rings is 1. The summed E-state index contributed by atoms with van der Waals surface area (Å²) in [7, 11) is 6.65. The van der Waals surface area contributed by atoms with Gasteiger partial charge in [-0.2, -0.15) is 5.10 Å². The van der Waals surface area contributed by atoms with Crippen LogP contribution in [0, 0.1) is 38.5 Å². The Morgan fingerprint density at radius 1 is 0.449 bits per heavy atom. The molecule has 8 aromatic heterocycles. The number of likely N-dealkylation sites (N-methyl/N-ethyl adjacent to an activating group) is 1. The van der Waals surface area contributed by atoms with Crippen LogP contribution in [0.25, 0.3) is 54.2 Å². The summed E-state index contributed by atoms with van der Waals surface area (Å²) >= 11 is 1.68. The maximum Gasteiger partial charge on any atom is 0.255 e. The molecule has 1 N–H and O–H groups in total. The Balaban J connectivity index is 0. The number of rotatable bonds is 0. The molecule has 3 atom stereocenters. The lowest BCUT2D eigenvalue weighted by molar-refractivity contribution is -0.157. The molecule has 1 saturated heterocycles. The Morgan fingerprint density at radius 3 is 1.46 bits per heavy atom. The van der Waals surface area contributed by atoms with E-state index in [4.69, 9.17) is 8.83 Å². The number of fused-ring (bicyclic) bond motifs is 5. The topological polar surface area (TPSA) is 264 Å². The quantitative estimate of drug-likeness (QED) is 0.109. The summed E-state index contributed by atoms with van der Waals surface area (Å²) in [6, 6.07) is 49.1. The number of imidazole rings is 1. The number of likely N-dealkylation sites (tertiary alicyclic amines) is 1. The highest BCUT2D eigenvalue weighted by Gasteiger charge is 2.41. The zero-order valence-corrected chi connectivity index (χ0v) is 68.8. The van der Waals surface area contributed by atoms with E-state index >= 15 is 0 Å². The van der Waals surface area contributed by atoms with Gasteiger partial charge in [0, 0.05) is 87.9 Å². The highest BCUT2D eigenvalue weighted by atomic mass is 32.1. The molecule has 4 amide bonds. The summed E-state index contributed by atoms with van der Waals surface area (Å²) in [5.74, 6) is -2.09. The zero-order valence-electron chi connectivity index (χ0n) is 68.0. The fourth-order valence-electron chi connectivity index (χ4n) is 8.55. The molecule has 10 heterocycles. The van der Waals surface area contributed by atoms with Crippen LogP contribution in [0.4, 0.5) is 0 Å². The van der Waals surface area contributed by atoms with Crippen LogP contribution >= 0.6 is 11.3 Å². The maximum atomic E-state index is 11.4. The number of benzene rings is 5. The molecule has 3 unspecified atom stereocenters. The molecule has 1 fully saturated rings. The predicted octanol–water partition coefficient (Wildman–Crippen LogP) is 19.9. The number of amides is 4. The van der Waals surface area contributed by atoms with E-state index in [1.807, 2.05) is 270 Å². The molecule has 5 aromatic carbocycles. The van der Waals surface area contributed by atoms with Crippen molar-refractivity contribution in [1.29, 1.82) is 0 Å². The third-order valence-electron chi connectivity index (χ3n) is 14.4. The van der Waals surface area contributed by atoms with Crippen LogP contribution in [0.3, 0.4) is 0 Å². The van der Waals surface area contributed by atoms with E-state index in [2.05, 4.69) is 75.4 Å². The molecule has 2 aliphatic rings. The van der Waals surface area contributed by atoms with Crippen LogP contribution in [0.5, 0.6) is 0 Å². The average Bonchev–Trinajstić information content (AvgIpc) is 1.76. The number of thiazole rings is 1. The Bertz CT molecular complexity index is 4140. The van der Waals surface area contributed by atoms with Crippen molar-refractivity contribution in [2.45, 2.75) is 152 Å². The molecule has 15 rings (SSSR count). The fraction of sp³-hybridized carbons (Fsp3) is 0.341. The number of nitrogens with zero attached hydrogens (tertiary/aromatic N) is 12. The third kappa shape index (κ3) is 34.0. The van der Waals surface area contributed by atoms with Crippen LogP contribution in [0.2, 0.25) is 0 Å². The second-order valence-corrected chi connectivity index (χ2v) is 21.8. The number of H-pyrrole nitrogens is 1. The molecule has 2 aliphatic heterocycles. The number of hydrogen-bond acceptors (Lipinski definition) is 17. The van der Waals surface area contributed by atoms with Crippen molar-refractivity contribution in [2.75, 3.05) is 14.1 Å². The van der Waals surface area contributed by atoms with E-state index in [0.717, 1.165) is 60.8 Å². The first-order chi connectivity index (χ1) is 51.7. The van der Waals surface area contributed by atoms with Gasteiger partial charge in [-0.3, -0.25) is 48.5 Å². The predicted molar refractivity (Wildman–Crippen MR) is 442 cm³/mol. The summed E-state index contributed by atoms with van der Waals surface area (Å²) in [6.07, 6.45) is 15.2. The van der Waals surface area contributed by atoms with Gasteiger partial charge < -0.3 is 23.0 Å². The number of ketones is 1. The molecule has 21 nitrogen and oxygen atoms in total. The minimum absolute atomic E-state index is 0.0347. The lowest BCUT2D eigenvalue weighted by Crippen LogP contribution is -2.51. The Hall–Kier alpha value is -11.3. The van der Waals surface area contributed by atoms with E-state index in [1.165, 1.54) is 71.0 Å². The SMILES string of the molecule is CC.CC.CC.CC.CC.CC.CC.CC1=C(C)C(C)C(=O)N(C)C1=O.CC1C(=O)C(C)C(=O)N(C)C1=O.Cc1nnc(C)c(C)n1.Cn1ccccc1=O.Cn1cnc2ccccc21.c1ccc2[nH]ccc2c1.c1ccc2occc2c1.c1ccc2ocnc2c1.c1ccc2scnc2c1.c1cnccn1. The molecule has 22 heteroatoms. The van der Waals surface area contributed by atoms with E-state index in [1.54, 1.807) is 68.6 Å². The lowest BCUT2D eigenvalue weighted by atomic mass is 9.89. The van der Waals surface area contributed by atoms with Crippen LogP contribution in [0.15, 0.2) is 238 Å². The molecule has 0 radical (unpaired) electrons. The van der Waals surface area contributed by atoms with E-state index in [0.29, 0.717) is 5.57 Å². The number of Topliss-reactive ketones (excluding diaryl/α,β-unsaturated/α-hetero) is 1. The number of hydrogen-bond donors (Lipinski definition) is 1. The van der Waals surface area contributed by atoms with Crippen molar-refractivity contribution < 1.29 is 32.8 Å². The minimum Gasteiger partial charge on any atom is -0.464 e. The summed E-state index contributed by atoms with van der Waals surface area (Å²) in [5, 5.41) is 10.1. The number of aromatic amines is 1. The van der Waals surface area contributed by atoms with Crippen molar-refractivity contribution in [1.82, 2.24) is 64.0 Å². The third-order valence-corrected chi connectivity index (χ3v) is 15.2. The number of aryl methyl sites for hydroxylation is 5. The Labute approximate surface area is 638 Å². The first-order valence-electron chi connectivity index (χ1n) is 36.4. The summed E-state index contributed by atoms with van der Waals surface area (Å²) in [5.41, 5.74) is 12.6. The Morgan fingerprint density at radius 2 is 0.953 bits per heavy atom. The number of oxazole rings is 1. The highest BCUT2D eigenvalue weighted by Crippen LogP contribution is 2.24. The second kappa shape index (κ2) is 58.1. The molecule has 107 heavy (non-hydrogen) atoms. The number of nitrogens with one attached hydrogen (secondary N) is 1. The highest BCUT2D eigenvalue weighted by molar-refractivity contribution is 7.16. The van der Waals surface area contributed by atoms with E-state index in [9.17, 15) is 28.8 Å². The first-order valence-corrected chi connectivity index (χ1v) is 37.2. The van der Waals surface area contributed by atoms with Gasteiger partial charge in [-0.15, -0.1) is 16.4 Å².